The number of halogens is 3. The van der Waals surface area contributed by atoms with Gasteiger partial charge in [0.25, 0.3) is 11.1 Å². The van der Waals surface area contributed by atoms with Gasteiger partial charge < -0.3 is 4.74 Å². The Morgan fingerprint density at radius 2 is 1.58 bits per heavy atom. The second kappa shape index (κ2) is 10.5. The van der Waals surface area contributed by atoms with Gasteiger partial charge in [-0.1, -0.05) is 53.6 Å². The molecule has 1 fully saturated rings. The van der Waals surface area contributed by atoms with Crippen LogP contribution >= 0.6 is 55.2 Å². The van der Waals surface area contributed by atoms with E-state index in [1.165, 1.54) is 4.90 Å². The van der Waals surface area contributed by atoms with Gasteiger partial charge in [0.05, 0.1) is 20.4 Å². The van der Waals surface area contributed by atoms with Crippen molar-refractivity contribution in [1.29, 1.82) is 0 Å². The number of carbonyl (C=O) groups is 2. The van der Waals surface area contributed by atoms with E-state index < -0.39 is 0 Å². The lowest BCUT2D eigenvalue weighted by Gasteiger charge is -2.13. The molecule has 4 nitrogen and oxygen atoms in total. The van der Waals surface area contributed by atoms with Gasteiger partial charge in [-0.15, -0.1) is 0 Å². The van der Waals surface area contributed by atoms with E-state index in [9.17, 15) is 9.59 Å². The Kier molecular flexibility index (Phi) is 7.64. The molecule has 0 bridgehead atoms. The van der Waals surface area contributed by atoms with Crippen molar-refractivity contribution in [3.05, 3.63) is 102 Å². The van der Waals surface area contributed by atoms with E-state index in [-0.39, 0.29) is 17.7 Å². The van der Waals surface area contributed by atoms with E-state index in [1.807, 2.05) is 67.6 Å². The van der Waals surface area contributed by atoms with Crippen LogP contribution in [0.3, 0.4) is 0 Å². The van der Waals surface area contributed by atoms with Crippen molar-refractivity contribution in [3.63, 3.8) is 0 Å². The zero-order chi connectivity index (χ0) is 23.5. The van der Waals surface area contributed by atoms with Crippen LogP contribution in [-0.2, 0) is 17.9 Å². The molecule has 0 spiro atoms. The van der Waals surface area contributed by atoms with Crippen LogP contribution in [0.4, 0.5) is 4.79 Å². The van der Waals surface area contributed by atoms with E-state index >= 15 is 0 Å². The lowest BCUT2D eigenvalue weighted by molar-refractivity contribution is -0.123. The number of imide groups is 1. The summed E-state index contributed by atoms with van der Waals surface area (Å²) in [6.45, 7) is 2.63. The first kappa shape index (κ1) is 24.1. The summed E-state index contributed by atoms with van der Waals surface area (Å²) in [4.78, 5) is 27.0. The fraction of sp³-hybridized carbons (Fsp3) is 0.120. The van der Waals surface area contributed by atoms with Crippen molar-refractivity contribution >= 4 is 72.4 Å². The Bertz CT molecular complexity index is 1220. The van der Waals surface area contributed by atoms with Gasteiger partial charge in [0, 0.05) is 5.02 Å². The normalized spacial score (nSPS) is 14.9. The minimum atomic E-state index is -0.291. The molecule has 3 aromatic rings. The predicted octanol–water partition coefficient (Wildman–Crippen LogP) is 7.99. The Morgan fingerprint density at radius 1 is 0.970 bits per heavy atom. The van der Waals surface area contributed by atoms with E-state index in [1.54, 1.807) is 6.08 Å². The molecule has 2 amide bonds. The lowest BCUT2D eigenvalue weighted by atomic mass is 10.1. The van der Waals surface area contributed by atoms with Crippen molar-refractivity contribution in [3.8, 4) is 5.75 Å². The molecule has 0 saturated carbocycles. The fourth-order valence-corrected chi connectivity index (χ4v) is 5.62. The molecular formula is C25H18Br2ClNO3S. The summed E-state index contributed by atoms with van der Waals surface area (Å²) in [6.07, 6.45) is 1.72. The van der Waals surface area contributed by atoms with Crippen LogP contribution in [0.2, 0.25) is 5.02 Å². The molecule has 0 unspecified atom stereocenters. The Labute approximate surface area is 218 Å². The van der Waals surface area contributed by atoms with Crippen LogP contribution < -0.4 is 4.74 Å². The first-order valence-corrected chi connectivity index (χ1v) is 12.8. The maximum Gasteiger partial charge on any atom is 0.293 e. The van der Waals surface area contributed by atoms with E-state index in [0.717, 1.165) is 43.0 Å². The zero-order valence-corrected chi connectivity index (χ0v) is 22.2. The summed E-state index contributed by atoms with van der Waals surface area (Å²) < 4.78 is 7.42. The van der Waals surface area contributed by atoms with Gasteiger partial charge in [-0.05, 0) is 97.6 Å². The molecule has 4 rings (SSSR count). The molecule has 0 radical (unpaired) electrons. The van der Waals surface area contributed by atoms with Crippen molar-refractivity contribution in [1.82, 2.24) is 4.90 Å². The molecule has 3 aromatic carbocycles. The molecule has 8 heteroatoms. The highest BCUT2D eigenvalue weighted by Gasteiger charge is 2.35. The number of aryl methyl sites for hydroxylation is 1. The Morgan fingerprint density at radius 3 is 2.21 bits per heavy atom. The van der Waals surface area contributed by atoms with E-state index in [0.29, 0.717) is 22.3 Å². The van der Waals surface area contributed by atoms with Gasteiger partial charge in [-0.2, -0.15) is 0 Å². The quantitative estimate of drug-likeness (QED) is 0.267. The first-order chi connectivity index (χ1) is 15.8. The average molecular weight is 608 g/mol. The fourth-order valence-electron chi connectivity index (χ4n) is 3.20. The topological polar surface area (TPSA) is 46.6 Å². The number of thioether (sulfide) groups is 1. The van der Waals surface area contributed by atoms with Gasteiger partial charge in [0.1, 0.15) is 12.4 Å². The SMILES string of the molecule is Cc1ccc(CN2C(=O)S/C(=C\c3cc(Br)c(OCc4ccc(Cl)cc4)c(Br)c3)C2=O)cc1. The van der Waals surface area contributed by atoms with Crippen molar-refractivity contribution in [2.24, 2.45) is 0 Å². The van der Waals surface area contributed by atoms with Gasteiger partial charge in [-0.3, -0.25) is 14.5 Å². The van der Waals surface area contributed by atoms with E-state index in [4.69, 9.17) is 16.3 Å². The van der Waals surface area contributed by atoms with Gasteiger partial charge >= 0.3 is 0 Å². The summed E-state index contributed by atoms with van der Waals surface area (Å²) in [5, 5.41) is 0.404. The molecule has 1 saturated heterocycles. The summed E-state index contributed by atoms with van der Waals surface area (Å²) >= 11 is 14.0. The van der Waals surface area contributed by atoms with Crippen molar-refractivity contribution in [2.45, 2.75) is 20.1 Å². The highest BCUT2D eigenvalue weighted by atomic mass is 79.9. The number of carbonyl (C=O) groups excluding carboxylic acids is 2. The molecule has 1 aliphatic rings. The first-order valence-electron chi connectivity index (χ1n) is 9.97. The molecule has 168 valence electrons. The van der Waals surface area contributed by atoms with Gasteiger partial charge in [0.15, 0.2) is 0 Å². The number of benzene rings is 3. The average Bonchev–Trinajstić information content (AvgIpc) is 3.03. The van der Waals surface area contributed by atoms with E-state index in [2.05, 4.69) is 31.9 Å². The number of hydrogen-bond acceptors (Lipinski definition) is 4. The molecule has 0 atom stereocenters. The third-order valence-corrected chi connectivity index (χ3v) is 7.29. The van der Waals surface area contributed by atoms with Crippen LogP contribution in [-0.4, -0.2) is 16.0 Å². The number of amides is 2. The third kappa shape index (κ3) is 5.90. The second-order valence-electron chi connectivity index (χ2n) is 7.48. The molecule has 0 aromatic heterocycles. The summed E-state index contributed by atoms with van der Waals surface area (Å²) in [5.41, 5.74) is 3.80. The lowest BCUT2D eigenvalue weighted by Crippen LogP contribution is -2.27. The molecule has 0 N–H and O–H groups in total. The maximum atomic E-state index is 12.9. The van der Waals surface area contributed by atoms with Crippen LogP contribution in [0.5, 0.6) is 5.75 Å². The zero-order valence-electron chi connectivity index (χ0n) is 17.5. The standard InChI is InChI=1S/C25H18Br2ClNO3S/c1-15-2-4-16(5-3-15)13-29-24(30)22(33-25(29)31)12-18-10-20(26)23(21(27)11-18)32-14-17-6-8-19(28)9-7-17/h2-12H,13-14H2,1H3/b22-12-. The molecule has 33 heavy (non-hydrogen) atoms. The number of ether oxygens (including phenoxy) is 1. The molecule has 1 aliphatic heterocycles. The van der Waals surface area contributed by atoms with Gasteiger partial charge in [-0.25, -0.2) is 0 Å². The number of rotatable bonds is 6. The van der Waals surface area contributed by atoms with Crippen LogP contribution in [0.15, 0.2) is 74.5 Å². The number of hydrogen-bond donors (Lipinski definition) is 0. The highest BCUT2D eigenvalue weighted by Crippen LogP contribution is 2.38. The third-order valence-electron chi connectivity index (χ3n) is 4.95. The van der Waals surface area contributed by atoms with Crippen LogP contribution in [0.25, 0.3) is 6.08 Å². The van der Waals surface area contributed by atoms with Crippen LogP contribution in [0, 0.1) is 6.92 Å². The molecular weight excluding hydrogens is 590 g/mol. The Hall–Kier alpha value is -2.06. The largest absolute Gasteiger partial charge is 0.487 e. The summed E-state index contributed by atoms with van der Waals surface area (Å²) in [5.74, 6) is 0.357. The smallest absolute Gasteiger partial charge is 0.293 e. The summed E-state index contributed by atoms with van der Waals surface area (Å²) in [7, 11) is 0. The molecule has 0 aliphatic carbocycles. The monoisotopic (exact) mass is 605 g/mol. The van der Waals surface area contributed by atoms with Crippen molar-refractivity contribution < 1.29 is 14.3 Å². The predicted molar refractivity (Wildman–Crippen MR) is 140 cm³/mol. The summed E-state index contributed by atoms with van der Waals surface area (Å²) in [6, 6.07) is 19.0. The van der Waals surface area contributed by atoms with Gasteiger partial charge in [0.2, 0.25) is 0 Å². The minimum absolute atomic E-state index is 0.257. The maximum absolute atomic E-state index is 12.9. The minimum Gasteiger partial charge on any atom is -0.487 e. The molecule has 1 heterocycles. The Balaban J connectivity index is 1.49. The van der Waals surface area contributed by atoms with Crippen molar-refractivity contribution in [2.75, 3.05) is 0 Å². The number of nitrogens with zero attached hydrogens (tertiary/aromatic N) is 1. The van der Waals surface area contributed by atoms with Crippen LogP contribution in [0.1, 0.15) is 22.3 Å². The highest BCUT2D eigenvalue weighted by molar-refractivity contribution is 9.11. The second-order valence-corrected chi connectivity index (χ2v) is 10.6.